The molecule has 1 aromatic rings. The molecule has 18 heavy (non-hydrogen) atoms. The lowest BCUT2D eigenvalue weighted by molar-refractivity contribution is 0.0953. The molecule has 0 aliphatic heterocycles. The minimum Gasteiger partial charge on any atom is -0.465 e. The van der Waals surface area contributed by atoms with E-state index in [1.807, 2.05) is 0 Å². The fraction of sp³-hybridized carbons (Fsp3) is 0.333. The number of nitrogens with one attached hydrogen (secondary N) is 2. The van der Waals surface area contributed by atoms with E-state index in [-0.39, 0.29) is 5.91 Å². The Labute approximate surface area is 104 Å². The van der Waals surface area contributed by atoms with Crippen molar-refractivity contribution in [3.8, 4) is 0 Å². The summed E-state index contributed by atoms with van der Waals surface area (Å²) in [5, 5.41) is 11.4. The maximum atomic E-state index is 11.3. The van der Waals surface area contributed by atoms with E-state index < -0.39 is 11.6 Å². The SMILES string of the molecule is NNC(=O)c1ccc(C2(NC(=O)O)CCC2)cc1. The van der Waals surface area contributed by atoms with Gasteiger partial charge in [-0.05, 0) is 37.0 Å². The van der Waals surface area contributed by atoms with E-state index in [1.54, 1.807) is 24.3 Å². The highest BCUT2D eigenvalue weighted by Gasteiger charge is 2.40. The molecular formula is C12H15N3O3. The van der Waals surface area contributed by atoms with Crippen molar-refractivity contribution in [2.24, 2.45) is 5.84 Å². The Bertz CT molecular complexity index is 466. The first kappa shape index (κ1) is 12.4. The Morgan fingerprint density at radius 2 is 1.83 bits per heavy atom. The quantitative estimate of drug-likeness (QED) is 0.363. The van der Waals surface area contributed by atoms with E-state index in [0.29, 0.717) is 5.56 Å². The Kier molecular flexibility index (Phi) is 3.20. The Balaban J connectivity index is 2.22. The first-order chi connectivity index (χ1) is 8.57. The highest BCUT2D eigenvalue weighted by molar-refractivity contribution is 5.93. The molecule has 5 N–H and O–H groups in total. The van der Waals surface area contributed by atoms with Gasteiger partial charge >= 0.3 is 6.09 Å². The molecule has 0 saturated heterocycles. The van der Waals surface area contributed by atoms with Gasteiger partial charge < -0.3 is 10.4 Å². The lowest BCUT2D eigenvalue weighted by atomic mass is 9.72. The summed E-state index contributed by atoms with van der Waals surface area (Å²) in [6, 6.07) is 6.81. The fourth-order valence-corrected chi connectivity index (χ4v) is 2.24. The number of amides is 2. The standard InChI is InChI=1S/C12H15N3O3/c13-15-10(16)8-2-4-9(5-3-8)12(6-1-7-12)14-11(17)18/h2-5,14H,1,6-7,13H2,(H,15,16)(H,17,18). The van der Waals surface area contributed by atoms with Crippen LogP contribution in [0, 0.1) is 0 Å². The zero-order valence-electron chi connectivity index (χ0n) is 9.77. The van der Waals surface area contributed by atoms with Crippen molar-refractivity contribution in [3.63, 3.8) is 0 Å². The van der Waals surface area contributed by atoms with Crippen molar-refractivity contribution < 1.29 is 14.7 Å². The van der Waals surface area contributed by atoms with E-state index in [2.05, 4.69) is 10.7 Å². The van der Waals surface area contributed by atoms with Gasteiger partial charge in [-0.1, -0.05) is 12.1 Å². The van der Waals surface area contributed by atoms with Crippen molar-refractivity contribution in [3.05, 3.63) is 35.4 Å². The number of hydrogen-bond acceptors (Lipinski definition) is 3. The molecule has 1 aromatic carbocycles. The van der Waals surface area contributed by atoms with E-state index in [0.717, 1.165) is 24.8 Å². The molecule has 1 fully saturated rings. The van der Waals surface area contributed by atoms with Crippen molar-refractivity contribution >= 4 is 12.0 Å². The van der Waals surface area contributed by atoms with Crippen molar-refractivity contribution in [1.82, 2.24) is 10.7 Å². The maximum absolute atomic E-state index is 11.3. The van der Waals surface area contributed by atoms with Crippen LogP contribution in [0.15, 0.2) is 24.3 Å². The highest BCUT2D eigenvalue weighted by Crippen LogP contribution is 2.41. The number of carbonyl (C=O) groups is 2. The van der Waals surface area contributed by atoms with Crippen LogP contribution in [0.4, 0.5) is 4.79 Å². The maximum Gasteiger partial charge on any atom is 0.405 e. The molecule has 2 rings (SSSR count). The summed E-state index contributed by atoms with van der Waals surface area (Å²) in [5.74, 6) is 4.68. The highest BCUT2D eigenvalue weighted by atomic mass is 16.4. The first-order valence-electron chi connectivity index (χ1n) is 5.70. The summed E-state index contributed by atoms with van der Waals surface area (Å²) >= 11 is 0. The largest absolute Gasteiger partial charge is 0.465 e. The van der Waals surface area contributed by atoms with Crippen LogP contribution in [0.25, 0.3) is 0 Å². The third-order valence-electron chi connectivity index (χ3n) is 3.38. The van der Waals surface area contributed by atoms with Gasteiger partial charge in [0.2, 0.25) is 0 Å². The molecule has 6 heteroatoms. The minimum absolute atomic E-state index is 0.365. The normalized spacial score (nSPS) is 16.5. The Hall–Kier alpha value is -2.08. The first-order valence-corrected chi connectivity index (χ1v) is 5.70. The lowest BCUT2D eigenvalue weighted by Gasteiger charge is -2.42. The van der Waals surface area contributed by atoms with Crippen molar-refractivity contribution in [2.75, 3.05) is 0 Å². The zero-order chi connectivity index (χ0) is 13.2. The number of benzene rings is 1. The number of hydrogen-bond donors (Lipinski definition) is 4. The Morgan fingerprint density at radius 1 is 1.22 bits per heavy atom. The van der Waals surface area contributed by atoms with Crippen LogP contribution in [0.1, 0.15) is 35.2 Å². The van der Waals surface area contributed by atoms with Crippen LogP contribution >= 0.6 is 0 Å². The minimum atomic E-state index is -1.03. The van der Waals surface area contributed by atoms with Crippen LogP contribution in [0.5, 0.6) is 0 Å². The molecule has 0 radical (unpaired) electrons. The monoisotopic (exact) mass is 249 g/mol. The van der Waals surface area contributed by atoms with Gasteiger partial charge in [0.25, 0.3) is 5.91 Å². The Morgan fingerprint density at radius 3 is 2.22 bits per heavy atom. The van der Waals surface area contributed by atoms with Crippen LogP contribution in [-0.2, 0) is 5.54 Å². The molecule has 0 atom stereocenters. The molecule has 0 heterocycles. The predicted octanol–water partition coefficient (Wildman–Crippen LogP) is 0.937. The summed E-state index contributed by atoms with van der Waals surface area (Å²) in [6.45, 7) is 0. The average Bonchev–Trinajstić information content (AvgIpc) is 2.33. The second-order valence-electron chi connectivity index (χ2n) is 4.42. The second kappa shape index (κ2) is 4.66. The molecule has 0 bridgehead atoms. The van der Waals surface area contributed by atoms with Gasteiger partial charge in [-0.3, -0.25) is 10.2 Å². The van der Waals surface area contributed by atoms with E-state index >= 15 is 0 Å². The van der Waals surface area contributed by atoms with E-state index in [4.69, 9.17) is 10.9 Å². The third-order valence-corrected chi connectivity index (χ3v) is 3.38. The van der Waals surface area contributed by atoms with Gasteiger partial charge in [0.1, 0.15) is 0 Å². The molecular weight excluding hydrogens is 234 g/mol. The lowest BCUT2D eigenvalue weighted by Crippen LogP contribution is -2.50. The summed E-state index contributed by atoms with van der Waals surface area (Å²) in [7, 11) is 0. The van der Waals surface area contributed by atoms with Crippen molar-refractivity contribution in [2.45, 2.75) is 24.8 Å². The van der Waals surface area contributed by atoms with Gasteiger partial charge in [0.05, 0.1) is 5.54 Å². The number of nitrogen functional groups attached to an aromatic ring is 1. The predicted molar refractivity (Wildman–Crippen MR) is 64.8 cm³/mol. The topological polar surface area (TPSA) is 104 Å². The molecule has 96 valence electrons. The molecule has 0 unspecified atom stereocenters. The summed E-state index contributed by atoms with van der Waals surface area (Å²) < 4.78 is 0. The van der Waals surface area contributed by atoms with Crippen LogP contribution in [0.2, 0.25) is 0 Å². The number of rotatable bonds is 3. The second-order valence-corrected chi connectivity index (χ2v) is 4.42. The van der Waals surface area contributed by atoms with Crippen LogP contribution < -0.4 is 16.6 Å². The van der Waals surface area contributed by atoms with Gasteiger partial charge in [0, 0.05) is 5.56 Å². The zero-order valence-corrected chi connectivity index (χ0v) is 9.77. The molecule has 1 aliphatic carbocycles. The van der Waals surface area contributed by atoms with Gasteiger partial charge in [-0.15, -0.1) is 0 Å². The molecule has 0 aromatic heterocycles. The van der Waals surface area contributed by atoms with Crippen LogP contribution in [-0.4, -0.2) is 17.1 Å². The number of carbonyl (C=O) groups excluding carboxylic acids is 1. The number of nitrogens with two attached hydrogens (primary N) is 1. The van der Waals surface area contributed by atoms with E-state index in [1.165, 1.54) is 0 Å². The van der Waals surface area contributed by atoms with Gasteiger partial charge in [-0.25, -0.2) is 10.6 Å². The fourth-order valence-electron chi connectivity index (χ4n) is 2.24. The summed E-state index contributed by atoms with van der Waals surface area (Å²) in [4.78, 5) is 22.1. The van der Waals surface area contributed by atoms with E-state index in [9.17, 15) is 9.59 Å². The summed E-state index contributed by atoms with van der Waals surface area (Å²) in [5.41, 5.74) is 2.88. The summed E-state index contributed by atoms with van der Waals surface area (Å²) in [6.07, 6.45) is 1.52. The molecule has 2 amide bonds. The van der Waals surface area contributed by atoms with Gasteiger partial charge in [-0.2, -0.15) is 0 Å². The average molecular weight is 249 g/mol. The number of hydrazine groups is 1. The molecule has 0 spiro atoms. The smallest absolute Gasteiger partial charge is 0.405 e. The molecule has 6 nitrogen and oxygen atoms in total. The van der Waals surface area contributed by atoms with Gasteiger partial charge in [0.15, 0.2) is 0 Å². The molecule has 1 saturated carbocycles. The third kappa shape index (κ3) is 2.14. The molecule has 1 aliphatic rings. The van der Waals surface area contributed by atoms with Crippen molar-refractivity contribution in [1.29, 1.82) is 0 Å². The number of carboxylic acid groups (broad SMARTS) is 1. The van der Waals surface area contributed by atoms with Crippen LogP contribution in [0.3, 0.4) is 0 Å².